The van der Waals surface area contributed by atoms with Crippen molar-refractivity contribution in [1.82, 2.24) is 15.1 Å². The fourth-order valence-corrected chi connectivity index (χ4v) is 2.63. The predicted molar refractivity (Wildman–Crippen MR) is 75.4 cm³/mol. The number of rotatable bonds is 6. The average molecular weight is 297 g/mol. The molecule has 0 radical (unpaired) electrons. The SMILES string of the molecule is CCCN1C(=O)CC(NCCC(=O)N2CCOCC2)C1=O. The summed E-state index contributed by atoms with van der Waals surface area (Å²) < 4.78 is 5.20. The molecule has 2 aliphatic rings. The van der Waals surface area contributed by atoms with Gasteiger partial charge in [-0.2, -0.15) is 0 Å². The number of nitrogens with zero attached hydrogens (tertiary/aromatic N) is 2. The largest absolute Gasteiger partial charge is 0.378 e. The van der Waals surface area contributed by atoms with E-state index in [1.54, 1.807) is 4.90 Å². The second-order valence-corrected chi connectivity index (χ2v) is 5.34. The Labute approximate surface area is 124 Å². The van der Waals surface area contributed by atoms with Crippen LogP contribution in [0.15, 0.2) is 0 Å². The van der Waals surface area contributed by atoms with Crippen LogP contribution in [0.3, 0.4) is 0 Å². The molecule has 0 bridgehead atoms. The minimum atomic E-state index is -0.471. The summed E-state index contributed by atoms with van der Waals surface area (Å²) in [6.45, 7) is 5.25. The van der Waals surface area contributed by atoms with Crippen molar-refractivity contribution in [2.45, 2.75) is 32.2 Å². The fraction of sp³-hybridized carbons (Fsp3) is 0.786. The van der Waals surface area contributed by atoms with Gasteiger partial charge in [0.25, 0.3) is 0 Å². The maximum absolute atomic E-state index is 12.0. The summed E-state index contributed by atoms with van der Waals surface area (Å²) in [5.41, 5.74) is 0. The predicted octanol–water partition coefficient (Wildman–Crippen LogP) is -0.638. The van der Waals surface area contributed by atoms with Gasteiger partial charge in [0, 0.05) is 32.6 Å². The first-order chi connectivity index (χ1) is 10.1. The number of carbonyl (C=O) groups excluding carboxylic acids is 3. The van der Waals surface area contributed by atoms with Gasteiger partial charge in [0.2, 0.25) is 17.7 Å². The van der Waals surface area contributed by atoms with E-state index >= 15 is 0 Å². The Bertz CT molecular complexity index is 407. The Morgan fingerprint density at radius 2 is 2.05 bits per heavy atom. The zero-order chi connectivity index (χ0) is 15.2. The maximum atomic E-state index is 12.0. The molecule has 0 spiro atoms. The summed E-state index contributed by atoms with van der Waals surface area (Å²) in [5, 5.41) is 3.03. The smallest absolute Gasteiger partial charge is 0.246 e. The van der Waals surface area contributed by atoms with Gasteiger partial charge in [-0.15, -0.1) is 0 Å². The number of ether oxygens (including phenoxy) is 1. The quantitative estimate of drug-likeness (QED) is 0.660. The topological polar surface area (TPSA) is 79.0 Å². The number of nitrogens with one attached hydrogen (secondary N) is 1. The standard InChI is InChI=1S/C14H23N3O4/c1-2-5-17-13(19)10-11(14(17)20)15-4-3-12(18)16-6-8-21-9-7-16/h11,15H,2-10H2,1H3. The number of imide groups is 1. The lowest BCUT2D eigenvalue weighted by molar-refractivity contribution is -0.139. The molecule has 0 aromatic carbocycles. The van der Waals surface area contributed by atoms with Gasteiger partial charge >= 0.3 is 0 Å². The highest BCUT2D eigenvalue weighted by Gasteiger charge is 2.37. The van der Waals surface area contributed by atoms with Gasteiger partial charge in [-0.25, -0.2) is 0 Å². The maximum Gasteiger partial charge on any atom is 0.246 e. The first kappa shape index (κ1) is 15.9. The summed E-state index contributed by atoms with van der Waals surface area (Å²) in [6.07, 6.45) is 1.30. The third-order valence-electron chi connectivity index (χ3n) is 3.78. The molecule has 0 saturated carbocycles. The molecule has 1 N–H and O–H groups in total. The molecule has 21 heavy (non-hydrogen) atoms. The zero-order valence-corrected chi connectivity index (χ0v) is 12.5. The molecule has 118 valence electrons. The summed E-state index contributed by atoms with van der Waals surface area (Å²) in [5.74, 6) is -0.229. The number of amides is 3. The van der Waals surface area contributed by atoms with E-state index in [4.69, 9.17) is 4.74 Å². The number of hydrogen-bond acceptors (Lipinski definition) is 5. The van der Waals surface area contributed by atoms with Crippen molar-refractivity contribution in [1.29, 1.82) is 0 Å². The van der Waals surface area contributed by atoms with Crippen LogP contribution in [0.2, 0.25) is 0 Å². The van der Waals surface area contributed by atoms with Gasteiger partial charge < -0.3 is 15.0 Å². The van der Waals surface area contributed by atoms with Crippen LogP contribution >= 0.6 is 0 Å². The molecule has 2 heterocycles. The number of morpholine rings is 1. The van der Waals surface area contributed by atoms with Crippen molar-refractivity contribution in [3.05, 3.63) is 0 Å². The Hall–Kier alpha value is -1.47. The number of hydrogen-bond donors (Lipinski definition) is 1. The molecule has 2 fully saturated rings. The van der Waals surface area contributed by atoms with E-state index in [0.29, 0.717) is 45.8 Å². The van der Waals surface area contributed by atoms with Crippen LogP contribution < -0.4 is 5.32 Å². The normalized spacial score (nSPS) is 23.0. The molecule has 0 aliphatic carbocycles. The lowest BCUT2D eigenvalue weighted by atomic mass is 10.2. The van der Waals surface area contributed by atoms with Crippen LogP contribution in [-0.2, 0) is 19.1 Å². The van der Waals surface area contributed by atoms with E-state index in [1.165, 1.54) is 4.90 Å². The van der Waals surface area contributed by atoms with Crippen LogP contribution in [-0.4, -0.2) is 73.0 Å². The Morgan fingerprint density at radius 1 is 1.33 bits per heavy atom. The molecular weight excluding hydrogens is 274 g/mol. The first-order valence-electron chi connectivity index (χ1n) is 7.56. The number of likely N-dealkylation sites (tertiary alicyclic amines) is 1. The first-order valence-corrected chi connectivity index (χ1v) is 7.56. The van der Waals surface area contributed by atoms with Crippen molar-refractivity contribution < 1.29 is 19.1 Å². The minimum absolute atomic E-state index is 0.0630. The monoisotopic (exact) mass is 297 g/mol. The summed E-state index contributed by atoms with van der Waals surface area (Å²) in [4.78, 5) is 38.8. The van der Waals surface area contributed by atoms with Gasteiger partial charge in [0.1, 0.15) is 0 Å². The average Bonchev–Trinajstić information content (AvgIpc) is 2.76. The summed E-state index contributed by atoms with van der Waals surface area (Å²) in [7, 11) is 0. The van der Waals surface area contributed by atoms with Gasteiger partial charge in [-0.1, -0.05) is 6.92 Å². The Balaban J connectivity index is 1.72. The summed E-state index contributed by atoms with van der Waals surface area (Å²) >= 11 is 0. The number of carbonyl (C=O) groups is 3. The van der Waals surface area contributed by atoms with Gasteiger partial charge in [0.05, 0.1) is 25.7 Å². The molecule has 3 amide bonds. The van der Waals surface area contributed by atoms with E-state index in [9.17, 15) is 14.4 Å². The molecule has 2 aliphatic heterocycles. The van der Waals surface area contributed by atoms with Crippen LogP contribution in [0, 0.1) is 0 Å². The van der Waals surface area contributed by atoms with Crippen LogP contribution in [0.4, 0.5) is 0 Å². The third kappa shape index (κ3) is 4.01. The zero-order valence-electron chi connectivity index (χ0n) is 12.5. The molecule has 0 aromatic rings. The Morgan fingerprint density at radius 3 is 2.71 bits per heavy atom. The van der Waals surface area contributed by atoms with E-state index in [0.717, 1.165) is 6.42 Å². The second kappa shape index (κ2) is 7.51. The van der Waals surface area contributed by atoms with E-state index < -0.39 is 6.04 Å². The molecule has 1 atom stereocenters. The molecule has 2 rings (SSSR count). The molecule has 2 saturated heterocycles. The van der Waals surface area contributed by atoms with Crippen molar-refractivity contribution in [3.8, 4) is 0 Å². The van der Waals surface area contributed by atoms with Crippen LogP contribution in [0.5, 0.6) is 0 Å². The van der Waals surface area contributed by atoms with Crippen LogP contribution in [0.1, 0.15) is 26.2 Å². The second-order valence-electron chi connectivity index (χ2n) is 5.34. The van der Waals surface area contributed by atoms with Crippen molar-refractivity contribution in [2.75, 3.05) is 39.4 Å². The molecule has 7 nitrogen and oxygen atoms in total. The summed E-state index contributed by atoms with van der Waals surface area (Å²) in [6, 6.07) is -0.471. The Kier molecular flexibility index (Phi) is 5.69. The van der Waals surface area contributed by atoms with Gasteiger partial charge in [0.15, 0.2) is 0 Å². The van der Waals surface area contributed by atoms with Gasteiger partial charge in [-0.3, -0.25) is 19.3 Å². The van der Waals surface area contributed by atoms with E-state index in [2.05, 4.69) is 5.32 Å². The van der Waals surface area contributed by atoms with Crippen molar-refractivity contribution in [3.63, 3.8) is 0 Å². The van der Waals surface area contributed by atoms with Crippen molar-refractivity contribution >= 4 is 17.7 Å². The third-order valence-corrected chi connectivity index (χ3v) is 3.78. The highest BCUT2D eigenvalue weighted by molar-refractivity contribution is 6.05. The van der Waals surface area contributed by atoms with Crippen LogP contribution in [0.25, 0.3) is 0 Å². The highest BCUT2D eigenvalue weighted by atomic mass is 16.5. The van der Waals surface area contributed by atoms with Crippen molar-refractivity contribution in [2.24, 2.45) is 0 Å². The lowest BCUT2D eigenvalue weighted by Crippen LogP contribution is -2.43. The highest BCUT2D eigenvalue weighted by Crippen LogP contribution is 2.13. The minimum Gasteiger partial charge on any atom is -0.378 e. The molecule has 0 aromatic heterocycles. The van der Waals surface area contributed by atoms with E-state index in [1.807, 2.05) is 6.92 Å². The lowest BCUT2D eigenvalue weighted by Gasteiger charge is -2.27. The van der Waals surface area contributed by atoms with E-state index in [-0.39, 0.29) is 24.1 Å². The fourth-order valence-electron chi connectivity index (χ4n) is 2.63. The molecule has 1 unspecified atom stereocenters. The molecular formula is C14H23N3O4. The van der Waals surface area contributed by atoms with Gasteiger partial charge in [-0.05, 0) is 6.42 Å². The molecule has 7 heteroatoms.